The molecule has 3 heterocycles. The molecule has 19 heteroatoms. The number of benzene rings is 3. The van der Waals surface area contributed by atoms with E-state index >= 15 is 0 Å². The summed E-state index contributed by atoms with van der Waals surface area (Å²) in [6, 6.07) is 9.68. The van der Waals surface area contributed by atoms with Gasteiger partial charge in [-0.1, -0.05) is 6.07 Å². The number of hydrogen-bond acceptors (Lipinski definition) is 19. The summed E-state index contributed by atoms with van der Waals surface area (Å²) in [4.78, 5) is 26.5. The van der Waals surface area contributed by atoms with Crippen LogP contribution in [0.4, 0.5) is 0 Å². The summed E-state index contributed by atoms with van der Waals surface area (Å²) >= 11 is 0. The van der Waals surface area contributed by atoms with Crippen LogP contribution in [0.25, 0.3) is 28.4 Å². The summed E-state index contributed by atoms with van der Waals surface area (Å²) in [5.41, 5.74) is -1.33. The molecule has 0 bridgehead atoms. The van der Waals surface area contributed by atoms with Crippen LogP contribution in [0.3, 0.4) is 0 Å². The summed E-state index contributed by atoms with van der Waals surface area (Å²) in [7, 11) is 1.33. The number of esters is 1. The molecular weight excluding hydrogens is 748 g/mol. The van der Waals surface area contributed by atoms with Crippen LogP contribution in [0.2, 0.25) is 0 Å². The van der Waals surface area contributed by atoms with Crippen LogP contribution < -0.4 is 14.9 Å². The van der Waals surface area contributed by atoms with E-state index in [1.54, 1.807) is 0 Å². The normalized spacial score (nSPS) is 28.0. The number of aliphatic hydroxyl groups excluding tert-OH is 7. The second kappa shape index (κ2) is 16.3. The maximum absolute atomic E-state index is 13.5. The first-order valence-corrected chi connectivity index (χ1v) is 16.9. The van der Waals surface area contributed by atoms with E-state index in [1.165, 1.54) is 43.5 Å². The quantitative estimate of drug-likeness (QED) is 0.0696. The number of carbonyl (C=O) groups excluding carboxylic acids is 1. The van der Waals surface area contributed by atoms with Gasteiger partial charge >= 0.3 is 5.97 Å². The second-order valence-corrected chi connectivity index (χ2v) is 12.9. The van der Waals surface area contributed by atoms with Crippen LogP contribution in [0.5, 0.6) is 34.5 Å². The van der Waals surface area contributed by atoms with Gasteiger partial charge in [-0.25, -0.2) is 4.79 Å². The van der Waals surface area contributed by atoms with E-state index in [0.29, 0.717) is 5.56 Å². The van der Waals surface area contributed by atoms with Crippen molar-refractivity contribution in [1.82, 2.24) is 0 Å². The lowest BCUT2D eigenvalue weighted by molar-refractivity contribution is -0.277. The fourth-order valence-corrected chi connectivity index (χ4v) is 6.38. The molecule has 0 aliphatic carbocycles. The third-order valence-corrected chi connectivity index (χ3v) is 9.37. The molecule has 0 spiro atoms. The molecule has 4 aromatic rings. The van der Waals surface area contributed by atoms with Crippen molar-refractivity contribution in [1.29, 1.82) is 0 Å². The Morgan fingerprint density at radius 2 is 1.46 bits per heavy atom. The molecule has 0 amide bonds. The Morgan fingerprint density at radius 1 is 0.768 bits per heavy atom. The van der Waals surface area contributed by atoms with Crippen molar-refractivity contribution in [3.05, 3.63) is 76.0 Å². The Morgan fingerprint density at radius 3 is 2.14 bits per heavy atom. The van der Waals surface area contributed by atoms with Crippen molar-refractivity contribution < 1.29 is 89.1 Å². The molecule has 2 fully saturated rings. The number of aliphatic hydroxyl groups is 7. The zero-order valence-electron chi connectivity index (χ0n) is 29.1. The molecular formula is C37H38O19. The van der Waals surface area contributed by atoms with E-state index in [1.807, 2.05) is 0 Å². The molecule has 2 aliphatic heterocycles. The zero-order valence-corrected chi connectivity index (χ0v) is 29.1. The van der Waals surface area contributed by atoms with Crippen molar-refractivity contribution in [3.63, 3.8) is 0 Å². The van der Waals surface area contributed by atoms with Gasteiger partial charge < -0.3 is 84.3 Å². The Balaban J connectivity index is 1.29. The van der Waals surface area contributed by atoms with Gasteiger partial charge in [0.1, 0.15) is 77.1 Å². The van der Waals surface area contributed by atoms with Gasteiger partial charge in [0.2, 0.25) is 6.29 Å². The van der Waals surface area contributed by atoms with Crippen molar-refractivity contribution >= 4 is 23.0 Å². The molecule has 10 unspecified atom stereocenters. The van der Waals surface area contributed by atoms with Gasteiger partial charge in [-0.2, -0.15) is 0 Å². The summed E-state index contributed by atoms with van der Waals surface area (Å²) < 4.78 is 32.8. The average Bonchev–Trinajstić information content (AvgIpc) is 3.17. The second-order valence-electron chi connectivity index (χ2n) is 12.9. The molecule has 2 saturated heterocycles. The van der Waals surface area contributed by atoms with Crippen LogP contribution in [-0.4, -0.2) is 138 Å². The highest BCUT2D eigenvalue weighted by Gasteiger charge is 2.49. The molecule has 11 N–H and O–H groups in total. The number of ether oxygens (including phenoxy) is 5. The number of fused-ring (bicyclic) bond motifs is 1. The highest BCUT2D eigenvalue weighted by molar-refractivity contribution is 5.89. The van der Waals surface area contributed by atoms with Gasteiger partial charge in [-0.15, -0.1) is 0 Å². The minimum absolute atomic E-state index is 0.0787. The van der Waals surface area contributed by atoms with Crippen LogP contribution in [0.1, 0.15) is 17.2 Å². The monoisotopic (exact) mass is 786 g/mol. The molecule has 1 aromatic heterocycles. The maximum atomic E-state index is 13.5. The van der Waals surface area contributed by atoms with Gasteiger partial charge in [0, 0.05) is 23.8 Å². The topological polar surface area (TPSA) is 316 Å². The van der Waals surface area contributed by atoms with Crippen LogP contribution in [-0.2, 0) is 19.0 Å². The SMILES string of the molecule is COc1cc(C=CC(=O)OC2C(c3c(O)cc4oc(-c5ccc(OC6OC(CO)C(O)C(O)C6O)c(O)c5)cc(=O)c4c3O)OC(CO)C(O)C2O)ccc1O. The third kappa shape index (κ3) is 7.67. The third-order valence-electron chi connectivity index (χ3n) is 9.37. The first-order chi connectivity index (χ1) is 26.7. The van der Waals surface area contributed by atoms with Crippen LogP contribution in [0, 0.1) is 0 Å². The van der Waals surface area contributed by atoms with Crippen molar-refractivity contribution in [2.75, 3.05) is 20.3 Å². The van der Waals surface area contributed by atoms with Gasteiger partial charge in [0.05, 0.1) is 25.9 Å². The molecule has 3 aromatic carbocycles. The summed E-state index contributed by atoms with van der Waals surface area (Å²) in [5.74, 6) is -3.82. The van der Waals surface area contributed by atoms with Crippen LogP contribution in [0.15, 0.2) is 63.8 Å². The number of aromatic hydroxyl groups is 4. The number of hydrogen-bond donors (Lipinski definition) is 11. The Hall–Kier alpha value is -5.48. The van der Waals surface area contributed by atoms with E-state index in [9.17, 15) is 65.8 Å². The number of carbonyl (C=O) groups is 1. The minimum Gasteiger partial charge on any atom is -0.507 e. The van der Waals surface area contributed by atoms with E-state index in [0.717, 1.165) is 24.3 Å². The Labute approximate surface area is 315 Å². The number of methoxy groups -OCH3 is 1. The highest BCUT2D eigenvalue weighted by atomic mass is 16.7. The van der Waals surface area contributed by atoms with E-state index in [4.69, 9.17) is 28.1 Å². The lowest BCUT2D eigenvalue weighted by Crippen LogP contribution is -2.60. The van der Waals surface area contributed by atoms with E-state index in [-0.39, 0.29) is 34.2 Å². The highest BCUT2D eigenvalue weighted by Crippen LogP contribution is 2.46. The van der Waals surface area contributed by atoms with Crippen molar-refractivity contribution in [3.8, 4) is 45.8 Å². The lowest BCUT2D eigenvalue weighted by Gasteiger charge is -2.42. The maximum Gasteiger partial charge on any atom is 0.331 e. The zero-order chi connectivity index (χ0) is 40.6. The summed E-state index contributed by atoms with van der Waals surface area (Å²) in [6.07, 6.45) is -14.6. The Kier molecular flexibility index (Phi) is 11.7. The summed E-state index contributed by atoms with van der Waals surface area (Å²) in [5, 5.41) is 114. The largest absolute Gasteiger partial charge is 0.507 e. The Bertz CT molecular complexity index is 2160. The van der Waals surface area contributed by atoms with E-state index in [2.05, 4.69) is 0 Å². The van der Waals surface area contributed by atoms with Gasteiger partial charge in [0.15, 0.2) is 34.5 Å². The molecule has 0 saturated carbocycles. The standard InChI is InChI=1S/C37H38O19/c1-51-22-8-14(2-5-16(22)40)3-7-26(44)56-36-33(49)30(46)24(12-38)53-35(36)28-19(43)11-23-27(31(28)47)18(42)10-21(52-23)15-4-6-20(17(41)9-15)54-37-34(50)32(48)29(45)25(13-39)55-37/h2-11,24-25,29-30,32-41,43,45-50H,12-13H2,1H3. The minimum atomic E-state index is -1.94. The molecule has 2 aliphatic rings. The van der Waals surface area contributed by atoms with Gasteiger partial charge in [-0.05, 0) is 42.0 Å². The fraction of sp³-hybridized carbons (Fsp3) is 0.351. The predicted molar refractivity (Wildman–Crippen MR) is 188 cm³/mol. The van der Waals surface area contributed by atoms with E-state index < -0.39 is 114 Å². The lowest BCUT2D eigenvalue weighted by atomic mass is 9.89. The molecule has 56 heavy (non-hydrogen) atoms. The van der Waals surface area contributed by atoms with Gasteiger partial charge in [0.25, 0.3) is 0 Å². The molecule has 0 radical (unpaired) electrons. The number of phenols is 4. The van der Waals surface area contributed by atoms with Crippen LogP contribution >= 0.6 is 0 Å². The van der Waals surface area contributed by atoms with Gasteiger partial charge in [-0.3, -0.25) is 4.79 Å². The number of phenolic OH excluding ortho intramolecular Hbond substituents is 4. The molecule has 10 atom stereocenters. The fourth-order valence-electron chi connectivity index (χ4n) is 6.38. The smallest absolute Gasteiger partial charge is 0.331 e. The predicted octanol–water partition coefficient (Wildman–Crippen LogP) is -0.751. The first-order valence-electron chi connectivity index (χ1n) is 16.9. The molecule has 300 valence electrons. The van der Waals surface area contributed by atoms with Crippen molar-refractivity contribution in [2.24, 2.45) is 0 Å². The first kappa shape index (κ1) is 40.2. The molecule has 19 nitrogen and oxygen atoms in total. The summed E-state index contributed by atoms with van der Waals surface area (Å²) in [6.45, 7) is -1.56. The average molecular weight is 787 g/mol. The van der Waals surface area contributed by atoms with Crippen molar-refractivity contribution in [2.45, 2.75) is 61.2 Å². The number of rotatable bonds is 10. The molecule has 6 rings (SSSR count).